The Bertz CT molecular complexity index is 234. The number of hydrogen-bond acceptors (Lipinski definition) is 3. The molecule has 3 N–H and O–H groups in total. The molecule has 13 heavy (non-hydrogen) atoms. The van der Waals surface area contributed by atoms with Gasteiger partial charge in [-0.15, -0.1) is 0 Å². The van der Waals surface area contributed by atoms with Crippen molar-refractivity contribution in [1.82, 2.24) is 0 Å². The van der Waals surface area contributed by atoms with Gasteiger partial charge >= 0.3 is 7.12 Å². The van der Waals surface area contributed by atoms with E-state index >= 15 is 0 Å². The Balaban J connectivity index is -0.000000333. The fourth-order valence-corrected chi connectivity index (χ4v) is 0.685. The molecular formula is C6H7BO3Y3. The van der Waals surface area contributed by atoms with Gasteiger partial charge in [-0.3, -0.25) is 0 Å². The van der Waals surface area contributed by atoms with Crippen molar-refractivity contribution in [3.05, 3.63) is 24.3 Å². The summed E-state index contributed by atoms with van der Waals surface area (Å²) >= 11 is 0. The molecule has 1 aromatic carbocycles. The molecule has 0 saturated carbocycles. The van der Waals surface area contributed by atoms with Gasteiger partial charge in [0, 0.05) is 98.1 Å². The van der Waals surface area contributed by atoms with Crippen molar-refractivity contribution in [2.75, 3.05) is 0 Å². The molecule has 3 nitrogen and oxygen atoms in total. The third-order valence-corrected chi connectivity index (χ3v) is 1.17. The smallest absolute Gasteiger partial charge is 0.488 e. The third-order valence-electron chi connectivity index (χ3n) is 1.17. The molecule has 0 saturated heterocycles. The van der Waals surface area contributed by atoms with Crippen LogP contribution in [0.3, 0.4) is 0 Å². The minimum absolute atomic E-state index is 0. The van der Waals surface area contributed by atoms with Crippen LogP contribution in [0.25, 0.3) is 0 Å². The summed E-state index contributed by atoms with van der Waals surface area (Å²) in [6.45, 7) is 0. The molecule has 61 valence electrons. The zero-order valence-electron chi connectivity index (χ0n) is 6.96. The molecule has 0 bridgehead atoms. The van der Waals surface area contributed by atoms with Gasteiger partial charge in [0.1, 0.15) is 5.75 Å². The molecule has 0 aliphatic carbocycles. The van der Waals surface area contributed by atoms with Gasteiger partial charge in [0.2, 0.25) is 0 Å². The van der Waals surface area contributed by atoms with E-state index < -0.39 is 7.12 Å². The quantitative estimate of drug-likeness (QED) is 0.530. The molecule has 0 spiro atoms. The molecule has 0 atom stereocenters. The van der Waals surface area contributed by atoms with Gasteiger partial charge < -0.3 is 15.2 Å². The van der Waals surface area contributed by atoms with Gasteiger partial charge in [0.15, 0.2) is 0 Å². The first kappa shape index (κ1) is 20.7. The predicted octanol–water partition coefficient (Wildman–Crippen LogP) is -0.936. The summed E-state index contributed by atoms with van der Waals surface area (Å²) in [6, 6.07) is 5.82. The first-order valence-corrected chi connectivity index (χ1v) is 2.85. The average molecular weight is 405 g/mol. The summed E-state index contributed by atoms with van der Waals surface area (Å²) in [6.07, 6.45) is 0. The third kappa shape index (κ3) is 8.16. The van der Waals surface area contributed by atoms with E-state index in [1.807, 2.05) is 0 Å². The van der Waals surface area contributed by atoms with Crippen molar-refractivity contribution < 1.29 is 113 Å². The maximum atomic E-state index is 8.84. The monoisotopic (exact) mass is 405 g/mol. The summed E-state index contributed by atoms with van der Waals surface area (Å²) in [5, 5.41) is 26.0. The van der Waals surface area contributed by atoms with Crippen LogP contribution in [0.2, 0.25) is 0 Å². The van der Waals surface area contributed by atoms with Crippen LogP contribution in [0.15, 0.2) is 24.3 Å². The van der Waals surface area contributed by atoms with E-state index in [0.717, 1.165) is 0 Å². The number of rotatable bonds is 1. The van der Waals surface area contributed by atoms with Crippen LogP contribution in [-0.4, -0.2) is 22.3 Å². The van der Waals surface area contributed by atoms with E-state index in [4.69, 9.17) is 15.2 Å². The molecule has 3 radical (unpaired) electrons. The Morgan fingerprint density at radius 3 is 1.85 bits per heavy atom. The molecule has 0 aliphatic rings. The maximum absolute atomic E-state index is 8.84. The first-order valence-electron chi connectivity index (χ1n) is 2.85. The Hall–Kier alpha value is 2.32. The van der Waals surface area contributed by atoms with Crippen molar-refractivity contribution in [3.63, 3.8) is 0 Å². The van der Waals surface area contributed by atoms with E-state index in [-0.39, 0.29) is 104 Å². The number of aromatic hydroxyl groups is 1. The molecule has 0 heterocycles. The van der Waals surface area contributed by atoms with Crippen LogP contribution in [-0.2, 0) is 98.1 Å². The van der Waals surface area contributed by atoms with Gasteiger partial charge in [-0.2, -0.15) is 0 Å². The van der Waals surface area contributed by atoms with E-state index in [2.05, 4.69) is 0 Å². The van der Waals surface area contributed by atoms with Gasteiger partial charge in [-0.05, 0) is 17.6 Å². The zero-order valence-corrected chi connectivity index (χ0v) is 15.5. The maximum Gasteiger partial charge on any atom is 0.488 e. The Morgan fingerprint density at radius 2 is 1.54 bits per heavy atom. The number of phenolic OH excluding ortho intramolecular Hbond substituents is 1. The second-order valence-corrected chi connectivity index (χ2v) is 1.97. The van der Waals surface area contributed by atoms with Crippen molar-refractivity contribution in [1.29, 1.82) is 0 Å². The van der Waals surface area contributed by atoms with Crippen LogP contribution < -0.4 is 5.46 Å². The fourth-order valence-electron chi connectivity index (χ4n) is 0.685. The Labute approximate surface area is 153 Å². The van der Waals surface area contributed by atoms with E-state index in [1.165, 1.54) is 18.2 Å². The summed E-state index contributed by atoms with van der Waals surface area (Å²) in [4.78, 5) is 0. The van der Waals surface area contributed by atoms with Gasteiger partial charge in [0.25, 0.3) is 0 Å². The van der Waals surface area contributed by atoms with Crippen LogP contribution in [0.1, 0.15) is 0 Å². The zero-order chi connectivity index (χ0) is 7.56. The second kappa shape index (κ2) is 10.8. The van der Waals surface area contributed by atoms with Crippen LogP contribution in [0, 0.1) is 0 Å². The van der Waals surface area contributed by atoms with Crippen molar-refractivity contribution >= 4 is 12.6 Å². The standard InChI is InChI=1S/C6H7BO3.3Y/c8-6-3-1-2-5(4-6)7(9)10;;;/h1-4,8-10H;;;. The number of hydrogen-bond donors (Lipinski definition) is 3. The van der Waals surface area contributed by atoms with E-state index in [1.54, 1.807) is 6.07 Å². The molecule has 0 unspecified atom stereocenters. The topological polar surface area (TPSA) is 60.7 Å². The molecule has 0 fully saturated rings. The molecule has 1 aromatic rings. The van der Waals surface area contributed by atoms with E-state index in [0.29, 0.717) is 5.46 Å². The number of benzene rings is 1. The molecule has 0 aromatic heterocycles. The van der Waals surface area contributed by atoms with Crippen molar-refractivity contribution in [2.45, 2.75) is 0 Å². The Morgan fingerprint density at radius 1 is 1.00 bits per heavy atom. The van der Waals surface area contributed by atoms with Crippen molar-refractivity contribution in [3.8, 4) is 5.75 Å². The van der Waals surface area contributed by atoms with Crippen LogP contribution >= 0.6 is 0 Å². The van der Waals surface area contributed by atoms with E-state index in [9.17, 15) is 0 Å². The van der Waals surface area contributed by atoms with Gasteiger partial charge in [-0.25, -0.2) is 0 Å². The molecule has 1 rings (SSSR count). The first-order chi connectivity index (χ1) is 4.70. The molecule has 7 heteroatoms. The Kier molecular flexibility index (Phi) is 17.2. The minimum Gasteiger partial charge on any atom is -0.508 e. The molecule has 0 amide bonds. The minimum atomic E-state index is -1.51. The molecule has 0 aliphatic heterocycles. The fraction of sp³-hybridized carbons (Fsp3) is 0. The van der Waals surface area contributed by atoms with Gasteiger partial charge in [-0.1, -0.05) is 12.1 Å². The normalized spacial score (nSPS) is 7.23. The van der Waals surface area contributed by atoms with Gasteiger partial charge in [0.05, 0.1) is 0 Å². The summed E-state index contributed by atoms with van der Waals surface area (Å²) < 4.78 is 0. The summed E-state index contributed by atoms with van der Waals surface area (Å²) in [5.41, 5.74) is 0.292. The SMILES string of the molecule is OB(O)c1cccc(O)c1.[Y].[Y].[Y]. The largest absolute Gasteiger partial charge is 0.508 e. The summed E-state index contributed by atoms with van der Waals surface area (Å²) in [7, 11) is -1.51. The predicted molar refractivity (Wildman–Crippen MR) is 37.9 cm³/mol. The van der Waals surface area contributed by atoms with Crippen LogP contribution in [0.4, 0.5) is 0 Å². The average Bonchev–Trinajstić information content (AvgIpc) is 1.88. The molecular weight excluding hydrogens is 398 g/mol. The second-order valence-electron chi connectivity index (χ2n) is 1.97. The van der Waals surface area contributed by atoms with Crippen molar-refractivity contribution in [2.24, 2.45) is 0 Å². The van der Waals surface area contributed by atoms with Crippen LogP contribution in [0.5, 0.6) is 5.75 Å². The summed E-state index contributed by atoms with van der Waals surface area (Å²) in [5.74, 6) is 0.0330. The number of phenols is 1.